The molecule has 0 radical (unpaired) electrons. The zero-order valence-electron chi connectivity index (χ0n) is 17.4. The Morgan fingerprint density at radius 3 is 2.12 bits per heavy atom. The number of urea groups is 1. The van der Waals surface area contributed by atoms with Gasteiger partial charge in [0.05, 0.1) is 11.4 Å². The van der Waals surface area contributed by atoms with Crippen LogP contribution in [0.2, 0.25) is 0 Å². The van der Waals surface area contributed by atoms with Gasteiger partial charge in [0.1, 0.15) is 5.54 Å². The predicted molar refractivity (Wildman–Crippen MR) is 120 cm³/mol. The quantitative estimate of drug-likeness (QED) is 0.367. The number of carbonyl (C=O) groups excluding carboxylic acids is 1. The van der Waals surface area contributed by atoms with E-state index in [2.05, 4.69) is 15.6 Å². The number of benzene rings is 3. The van der Waals surface area contributed by atoms with Crippen molar-refractivity contribution in [2.24, 2.45) is 0 Å². The topological polar surface area (TPSA) is 54.0 Å². The fraction of sp³-hybridized carbons (Fsp3) is 0.0769. The fourth-order valence-corrected chi connectivity index (χ4v) is 3.73. The van der Waals surface area contributed by atoms with Crippen LogP contribution in [-0.2, 0) is 12.0 Å². The lowest BCUT2D eigenvalue weighted by Crippen LogP contribution is -2.50. The highest BCUT2D eigenvalue weighted by Gasteiger charge is 2.38. The summed E-state index contributed by atoms with van der Waals surface area (Å²) in [4.78, 5) is 17.6. The van der Waals surface area contributed by atoms with Gasteiger partial charge in [-0.3, -0.25) is 4.98 Å². The maximum atomic E-state index is 14.2. The summed E-state index contributed by atoms with van der Waals surface area (Å²) in [5, 5.41) is 5.23. The molecule has 33 heavy (non-hydrogen) atoms. The number of pyridine rings is 1. The molecule has 3 aromatic carbocycles. The minimum Gasteiger partial charge on any atom is -0.322 e. The predicted octanol–water partition coefficient (Wildman–Crippen LogP) is 5.81. The average molecular weight is 447 g/mol. The highest BCUT2D eigenvalue weighted by molar-refractivity contribution is 5.90. The number of carbonyl (C=O) groups is 1. The lowest BCUT2D eigenvalue weighted by atomic mass is 9.80. The Bertz CT molecular complexity index is 1200. The molecule has 1 aromatic heterocycles. The summed E-state index contributed by atoms with van der Waals surface area (Å²) in [5.41, 5.74) is 0.609. The number of nitrogens with one attached hydrogen (secondary N) is 2. The summed E-state index contributed by atoms with van der Waals surface area (Å²) >= 11 is 0. The lowest BCUT2D eigenvalue weighted by molar-refractivity contribution is 0.241. The summed E-state index contributed by atoms with van der Waals surface area (Å²) in [6.45, 7) is 0. The Kier molecular flexibility index (Phi) is 6.40. The number of rotatable bonds is 6. The van der Waals surface area contributed by atoms with Crippen molar-refractivity contribution in [3.05, 3.63) is 131 Å². The first kappa shape index (κ1) is 22.1. The van der Waals surface area contributed by atoms with Gasteiger partial charge in [-0.25, -0.2) is 18.0 Å². The molecule has 1 atom stereocenters. The van der Waals surface area contributed by atoms with Crippen LogP contribution in [0.15, 0.2) is 97.2 Å². The monoisotopic (exact) mass is 447 g/mol. The molecular weight excluding hydrogens is 427 g/mol. The lowest BCUT2D eigenvalue weighted by Gasteiger charge is -2.35. The van der Waals surface area contributed by atoms with E-state index < -0.39 is 34.7 Å². The summed E-state index contributed by atoms with van der Waals surface area (Å²) in [5.74, 6) is -4.47. The third-order valence-electron chi connectivity index (χ3n) is 5.29. The van der Waals surface area contributed by atoms with Crippen LogP contribution in [-0.4, -0.2) is 11.0 Å². The molecule has 0 spiro atoms. The highest BCUT2D eigenvalue weighted by atomic mass is 19.2. The van der Waals surface area contributed by atoms with Gasteiger partial charge in [0.15, 0.2) is 17.5 Å². The van der Waals surface area contributed by atoms with E-state index in [-0.39, 0.29) is 0 Å². The van der Waals surface area contributed by atoms with E-state index in [4.69, 9.17) is 0 Å². The minimum atomic E-state index is -1.66. The zero-order valence-corrected chi connectivity index (χ0v) is 17.4. The van der Waals surface area contributed by atoms with Crippen LogP contribution >= 0.6 is 0 Å². The molecule has 0 saturated heterocycles. The Morgan fingerprint density at radius 2 is 1.45 bits per heavy atom. The average Bonchev–Trinajstić information content (AvgIpc) is 2.86. The summed E-state index contributed by atoms with van der Waals surface area (Å²) in [6, 6.07) is 25.0. The molecule has 0 saturated carbocycles. The van der Waals surface area contributed by atoms with Gasteiger partial charge >= 0.3 is 6.03 Å². The van der Waals surface area contributed by atoms with Gasteiger partial charge < -0.3 is 10.6 Å². The van der Waals surface area contributed by atoms with Gasteiger partial charge in [0, 0.05) is 12.6 Å². The van der Waals surface area contributed by atoms with Crippen molar-refractivity contribution in [1.82, 2.24) is 10.3 Å². The summed E-state index contributed by atoms with van der Waals surface area (Å²) in [7, 11) is 0. The van der Waals surface area contributed by atoms with Crippen LogP contribution < -0.4 is 10.6 Å². The van der Waals surface area contributed by atoms with Crippen LogP contribution in [0.1, 0.15) is 16.8 Å². The van der Waals surface area contributed by atoms with Crippen molar-refractivity contribution in [2.45, 2.75) is 12.0 Å². The normalized spacial score (nSPS) is 12.6. The first-order valence-electron chi connectivity index (χ1n) is 10.2. The standard InChI is InChI=1S/C26H20F3N3O/c27-20-14-15-21(24(29)23(20)28)31-25(33)32-26(19-11-5-2-6-12-19,22-13-7-8-16-30-22)17-18-9-3-1-4-10-18/h1-16H,17H2,(H2,31,32,33). The molecule has 2 N–H and O–H groups in total. The molecule has 4 nitrogen and oxygen atoms in total. The molecule has 4 aromatic rings. The first-order chi connectivity index (χ1) is 16.0. The van der Waals surface area contributed by atoms with Crippen molar-refractivity contribution in [1.29, 1.82) is 0 Å². The second-order valence-corrected chi connectivity index (χ2v) is 7.45. The SMILES string of the molecule is O=C(Nc1ccc(F)c(F)c1F)NC(Cc1ccccc1)(c1ccccc1)c1ccccn1. The molecule has 0 fully saturated rings. The van der Waals surface area contributed by atoms with Crippen LogP contribution in [0.4, 0.5) is 23.7 Å². The van der Waals surface area contributed by atoms with Crippen molar-refractivity contribution in [2.75, 3.05) is 5.32 Å². The van der Waals surface area contributed by atoms with Crippen molar-refractivity contribution >= 4 is 11.7 Å². The molecular formula is C26H20F3N3O. The first-order valence-corrected chi connectivity index (χ1v) is 10.2. The maximum absolute atomic E-state index is 14.2. The van der Waals surface area contributed by atoms with Gasteiger partial charge in [-0.15, -0.1) is 0 Å². The Labute approximate surface area is 189 Å². The molecule has 166 valence electrons. The van der Waals surface area contributed by atoms with E-state index in [1.54, 1.807) is 24.4 Å². The summed E-state index contributed by atoms with van der Waals surface area (Å²) in [6.07, 6.45) is 1.95. The molecule has 4 rings (SSSR count). The van der Waals surface area contributed by atoms with Gasteiger partial charge in [-0.05, 0) is 35.4 Å². The number of aromatic nitrogens is 1. The number of amides is 2. The number of anilines is 1. The van der Waals surface area contributed by atoms with Gasteiger partial charge in [0.25, 0.3) is 0 Å². The van der Waals surface area contributed by atoms with E-state index in [1.165, 1.54) is 0 Å². The molecule has 2 amide bonds. The molecule has 0 bridgehead atoms. The molecule has 1 heterocycles. The molecule has 0 aliphatic carbocycles. The van der Waals surface area contributed by atoms with Crippen molar-refractivity contribution < 1.29 is 18.0 Å². The smallest absolute Gasteiger partial charge is 0.320 e. The highest BCUT2D eigenvalue weighted by Crippen LogP contribution is 2.33. The van der Waals surface area contributed by atoms with Gasteiger partial charge in [0.2, 0.25) is 0 Å². The molecule has 0 aliphatic heterocycles. The number of nitrogens with zero attached hydrogens (tertiary/aromatic N) is 1. The van der Waals surface area contributed by atoms with E-state index in [1.807, 2.05) is 60.7 Å². The van der Waals surface area contributed by atoms with Crippen LogP contribution in [0.3, 0.4) is 0 Å². The Balaban J connectivity index is 1.78. The van der Waals surface area contributed by atoms with Crippen LogP contribution in [0, 0.1) is 17.5 Å². The van der Waals surface area contributed by atoms with Gasteiger partial charge in [-0.1, -0.05) is 66.7 Å². The van der Waals surface area contributed by atoms with Crippen molar-refractivity contribution in [3.8, 4) is 0 Å². The number of hydrogen-bond donors (Lipinski definition) is 2. The van der Waals surface area contributed by atoms with Crippen LogP contribution in [0.25, 0.3) is 0 Å². The Morgan fingerprint density at radius 1 is 0.788 bits per heavy atom. The third-order valence-corrected chi connectivity index (χ3v) is 5.29. The second kappa shape index (κ2) is 9.56. The minimum absolute atomic E-state index is 0.336. The maximum Gasteiger partial charge on any atom is 0.320 e. The number of halogens is 3. The third kappa shape index (κ3) is 4.72. The van der Waals surface area contributed by atoms with E-state index in [0.717, 1.165) is 23.3 Å². The van der Waals surface area contributed by atoms with Crippen LogP contribution in [0.5, 0.6) is 0 Å². The molecule has 7 heteroatoms. The zero-order chi connectivity index (χ0) is 23.3. The van der Waals surface area contributed by atoms with Crippen molar-refractivity contribution in [3.63, 3.8) is 0 Å². The largest absolute Gasteiger partial charge is 0.322 e. The number of hydrogen-bond acceptors (Lipinski definition) is 2. The summed E-state index contributed by atoms with van der Waals surface area (Å²) < 4.78 is 41.1. The Hall–Kier alpha value is -4.13. The fourth-order valence-electron chi connectivity index (χ4n) is 3.73. The molecule has 1 unspecified atom stereocenters. The second-order valence-electron chi connectivity index (χ2n) is 7.45. The van der Waals surface area contributed by atoms with E-state index in [9.17, 15) is 18.0 Å². The van der Waals surface area contributed by atoms with E-state index in [0.29, 0.717) is 12.1 Å². The molecule has 0 aliphatic rings. The van der Waals surface area contributed by atoms with E-state index >= 15 is 0 Å². The van der Waals surface area contributed by atoms with Gasteiger partial charge in [-0.2, -0.15) is 0 Å².